The van der Waals surface area contributed by atoms with E-state index in [4.69, 9.17) is 11.6 Å². The van der Waals surface area contributed by atoms with Crippen LogP contribution >= 0.6 is 11.6 Å². The van der Waals surface area contributed by atoms with Crippen LogP contribution in [0, 0.1) is 5.82 Å². The second-order valence-electron chi connectivity index (χ2n) is 9.33. The molecule has 3 aromatic carbocycles. The van der Waals surface area contributed by atoms with Gasteiger partial charge in [-0.05, 0) is 73.0 Å². The summed E-state index contributed by atoms with van der Waals surface area (Å²) >= 11 is 5.89. The number of anilines is 1. The minimum Gasteiger partial charge on any atom is -0.507 e. The van der Waals surface area contributed by atoms with Crippen molar-refractivity contribution in [3.05, 3.63) is 100 Å². The number of aromatic nitrogens is 2. The number of nitrogens with zero attached hydrogens (tertiary/aromatic N) is 2. The predicted octanol–water partition coefficient (Wildman–Crippen LogP) is 6.72. The molecule has 194 valence electrons. The smallest absolute Gasteiger partial charge is 0.342 e. The van der Waals surface area contributed by atoms with Crippen LogP contribution in [0.25, 0.3) is 11.3 Å². The van der Waals surface area contributed by atoms with E-state index in [1.54, 1.807) is 48.5 Å². The van der Waals surface area contributed by atoms with Crippen molar-refractivity contribution in [1.29, 1.82) is 0 Å². The van der Waals surface area contributed by atoms with Gasteiger partial charge in [0.1, 0.15) is 11.6 Å². The Labute approximate surface area is 224 Å². The number of amides is 2. The summed E-state index contributed by atoms with van der Waals surface area (Å²) in [6, 6.07) is 18.7. The number of halogens is 2. The first-order chi connectivity index (χ1) is 18.4. The van der Waals surface area contributed by atoms with Crippen molar-refractivity contribution >= 4 is 29.2 Å². The van der Waals surface area contributed by atoms with Crippen molar-refractivity contribution < 1.29 is 19.1 Å². The maximum absolute atomic E-state index is 13.2. The van der Waals surface area contributed by atoms with Gasteiger partial charge in [-0.15, -0.1) is 0 Å². The number of carbonyl (C=O) groups is 2. The number of hydrogen-bond acceptors (Lipinski definition) is 4. The van der Waals surface area contributed by atoms with Gasteiger partial charge in [-0.25, -0.2) is 9.18 Å². The van der Waals surface area contributed by atoms with Crippen molar-refractivity contribution in [2.75, 3.05) is 5.32 Å². The first-order valence-electron chi connectivity index (χ1n) is 12.4. The molecule has 38 heavy (non-hydrogen) atoms. The molecule has 0 unspecified atom stereocenters. The molecule has 5 rings (SSSR count). The Bertz CT molecular complexity index is 1460. The van der Waals surface area contributed by atoms with Crippen LogP contribution in [-0.2, 0) is 6.54 Å². The largest absolute Gasteiger partial charge is 0.507 e. The number of benzene rings is 3. The van der Waals surface area contributed by atoms with E-state index in [1.807, 2.05) is 6.07 Å². The number of nitrogens with one attached hydrogen (secondary N) is 2. The van der Waals surface area contributed by atoms with Crippen LogP contribution in [0.1, 0.15) is 53.2 Å². The Hall–Kier alpha value is -4.17. The van der Waals surface area contributed by atoms with Gasteiger partial charge in [-0.3, -0.25) is 4.79 Å². The van der Waals surface area contributed by atoms with Crippen molar-refractivity contribution in [3.8, 4) is 17.0 Å². The first-order valence-corrected chi connectivity index (χ1v) is 12.8. The lowest BCUT2D eigenvalue weighted by molar-refractivity contribution is 0.102. The molecule has 4 aromatic rings. The average Bonchev–Trinajstić information content (AvgIpc) is 3.59. The molecule has 1 saturated carbocycles. The van der Waals surface area contributed by atoms with Crippen LogP contribution in [0.5, 0.6) is 5.75 Å². The van der Waals surface area contributed by atoms with Crippen molar-refractivity contribution in [2.45, 2.75) is 38.1 Å². The lowest BCUT2D eigenvalue weighted by Gasteiger charge is -2.12. The summed E-state index contributed by atoms with van der Waals surface area (Å²) in [5.74, 6) is -0.559. The van der Waals surface area contributed by atoms with E-state index in [-0.39, 0.29) is 29.9 Å². The van der Waals surface area contributed by atoms with Crippen LogP contribution in [0.4, 0.5) is 14.9 Å². The number of carbonyl (C=O) groups excluding carboxylic acids is 2. The number of phenolic OH excluding ortho intramolecular Hbond substituents is 1. The summed E-state index contributed by atoms with van der Waals surface area (Å²) in [5.41, 5.74) is 3.30. The molecule has 1 aliphatic carbocycles. The Balaban J connectivity index is 1.37. The van der Waals surface area contributed by atoms with Gasteiger partial charge in [0.2, 0.25) is 0 Å². The second kappa shape index (κ2) is 11.1. The molecule has 0 spiro atoms. The van der Waals surface area contributed by atoms with Crippen LogP contribution in [0.3, 0.4) is 0 Å². The fourth-order valence-electron chi connectivity index (χ4n) is 4.69. The number of hydrogen-bond donors (Lipinski definition) is 3. The highest BCUT2D eigenvalue weighted by atomic mass is 35.5. The quantitative estimate of drug-likeness (QED) is 0.257. The predicted molar refractivity (Wildman–Crippen MR) is 144 cm³/mol. The number of aromatic hydroxyl groups is 1. The molecule has 1 aliphatic rings. The molecule has 0 atom stereocenters. The normalized spacial score (nSPS) is 13.4. The van der Waals surface area contributed by atoms with Gasteiger partial charge in [0.25, 0.3) is 5.91 Å². The summed E-state index contributed by atoms with van der Waals surface area (Å²) in [6.07, 6.45) is 4.07. The van der Waals surface area contributed by atoms with Crippen LogP contribution in [0.2, 0.25) is 5.02 Å². The Kier molecular flexibility index (Phi) is 7.42. The molecular weight excluding hydrogens is 507 g/mol. The minimum atomic E-state index is -0.395. The third-order valence-corrected chi connectivity index (χ3v) is 6.95. The van der Waals surface area contributed by atoms with Crippen molar-refractivity contribution in [2.24, 2.45) is 0 Å². The molecular formula is C29H26ClFN4O3. The van der Waals surface area contributed by atoms with Crippen LogP contribution in [0.15, 0.2) is 72.8 Å². The molecule has 0 bridgehead atoms. The van der Waals surface area contributed by atoms with Gasteiger partial charge >= 0.3 is 6.03 Å². The zero-order valence-corrected chi connectivity index (χ0v) is 21.2. The maximum Gasteiger partial charge on any atom is 0.342 e. The lowest BCUT2D eigenvalue weighted by Crippen LogP contribution is -2.30. The van der Waals surface area contributed by atoms with Crippen LogP contribution < -0.4 is 10.6 Å². The summed E-state index contributed by atoms with van der Waals surface area (Å²) in [4.78, 5) is 25.6. The second-order valence-corrected chi connectivity index (χ2v) is 9.76. The van der Waals surface area contributed by atoms with Crippen LogP contribution in [-0.4, -0.2) is 26.8 Å². The molecule has 0 radical (unpaired) electrons. The van der Waals surface area contributed by atoms with E-state index in [0.717, 1.165) is 36.9 Å². The maximum atomic E-state index is 13.2. The third-order valence-electron chi connectivity index (χ3n) is 6.70. The molecule has 1 heterocycles. The summed E-state index contributed by atoms with van der Waals surface area (Å²) in [6.45, 7) is 0.228. The van der Waals surface area contributed by atoms with Gasteiger partial charge in [0, 0.05) is 40.4 Å². The fraction of sp³-hybridized carbons (Fsp3) is 0.207. The Morgan fingerprint density at radius 2 is 1.71 bits per heavy atom. The van der Waals surface area contributed by atoms with E-state index in [0.29, 0.717) is 27.5 Å². The third kappa shape index (κ3) is 5.70. The van der Waals surface area contributed by atoms with E-state index in [2.05, 4.69) is 15.7 Å². The van der Waals surface area contributed by atoms with Gasteiger partial charge in [0.05, 0.1) is 11.4 Å². The fourth-order valence-corrected chi connectivity index (χ4v) is 4.81. The summed E-state index contributed by atoms with van der Waals surface area (Å²) < 4.78 is 14.6. The summed E-state index contributed by atoms with van der Waals surface area (Å²) in [5, 5.41) is 21.5. The van der Waals surface area contributed by atoms with Gasteiger partial charge in [0.15, 0.2) is 0 Å². The molecule has 9 heteroatoms. The molecule has 2 amide bonds. The number of rotatable bonds is 6. The Morgan fingerprint density at radius 1 is 1.00 bits per heavy atom. The lowest BCUT2D eigenvalue weighted by atomic mass is 10.0. The molecule has 7 nitrogen and oxygen atoms in total. The zero-order valence-electron chi connectivity index (χ0n) is 20.5. The molecule has 0 aliphatic heterocycles. The standard InChI is InChI=1S/C29H26ClFN4O3/c30-21-9-7-20(8-10-21)28(37)33-23-13-14-24(27(36)15-23)25-16-26(19-3-1-2-4-19)35(34-25)29(38)32-17-18-5-11-22(31)12-6-18/h5-16,19,36H,1-4,17H2,(H,32,38)(H,33,37). The highest BCUT2D eigenvalue weighted by molar-refractivity contribution is 6.30. The van der Waals surface area contributed by atoms with E-state index in [9.17, 15) is 19.1 Å². The van der Waals surface area contributed by atoms with E-state index < -0.39 is 6.03 Å². The van der Waals surface area contributed by atoms with Crippen molar-refractivity contribution in [3.63, 3.8) is 0 Å². The first kappa shape index (κ1) is 25.5. The van der Waals surface area contributed by atoms with Gasteiger partial charge < -0.3 is 15.7 Å². The molecule has 0 saturated heterocycles. The average molecular weight is 533 g/mol. The monoisotopic (exact) mass is 532 g/mol. The Morgan fingerprint density at radius 3 is 2.39 bits per heavy atom. The number of phenols is 1. The molecule has 1 aromatic heterocycles. The van der Waals surface area contributed by atoms with E-state index in [1.165, 1.54) is 22.9 Å². The minimum absolute atomic E-state index is 0.0757. The van der Waals surface area contributed by atoms with Crippen molar-refractivity contribution in [1.82, 2.24) is 15.1 Å². The molecule has 1 fully saturated rings. The zero-order chi connectivity index (χ0) is 26.6. The van der Waals surface area contributed by atoms with E-state index >= 15 is 0 Å². The topological polar surface area (TPSA) is 96.3 Å². The SMILES string of the molecule is O=C(Nc1ccc(-c2cc(C3CCCC3)n(C(=O)NCc3ccc(F)cc3)n2)c(O)c1)c1ccc(Cl)cc1. The van der Waals surface area contributed by atoms with Gasteiger partial charge in [-0.1, -0.05) is 36.6 Å². The van der Waals surface area contributed by atoms with Gasteiger partial charge in [-0.2, -0.15) is 9.78 Å². The highest BCUT2D eigenvalue weighted by Gasteiger charge is 2.26. The summed E-state index contributed by atoms with van der Waals surface area (Å²) in [7, 11) is 0. The highest BCUT2D eigenvalue weighted by Crippen LogP contribution is 2.38. The molecule has 3 N–H and O–H groups in total.